The van der Waals surface area contributed by atoms with E-state index < -0.39 is 6.10 Å². The molecule has 1 fully saturated rings. The van der Waals surface area contributed by atoms with Crippen LogP contribution in [0.1, 0.15) is 32.4 Å². The summed E-state index contributed by atoms with van der Waals surface area (Å²) < 4.78 is 0. The van der Waals surface area contributed by atoms with Gasteiger partial charge in [-0.2, -0.15) is 0 Å². The molecule has 1 saturated heterocycles. The van der Waals surface area contributed by atoms with Crippen LogP contribution in [0.25, 0.3) is 0 Å². The van der Waals surface area contributed by atoms with Crippen LogP contribution in [0, 0.1) is 5.92 Å². The number of hydrogen-bond acceptors (Lipinski definition) is 4. The smallest absolute Gasteiger partial charge is 0.134 e. The van der Waals surface area contributed by atoms with Gasteiger partial charge in [-0.3, -0.25) is 4.90 Å². The quantitative estimate of drug-likeness (QED) is 0.901. The van der Waals surface area contributed by atoms with E-state index in [1.54, 1.807) is 6.92 Å². The van der Waals surface area contributed by atoms with E-state index in [1.165, 1.54) is 6.54 Å². The minimum absolute atomic E-state index is 0.461. The highest BCUT2D eigenvalue weighted by molar-refractivity contribution is 5.48. The SMILES string of the molecule is CC(C)CN1CCN(c2ncccc2[C@H](C)O)CC1. The Balaban J connectivity index is 2.02. The lowest BCUT2D eigenvalue weighted by Crippen LogP contribution is -2.48. The van der Waals surface area contributed by atoms with E-state index in [1.807, 2.05) is 18.3 Å². The van der Waals surface area contributed by atoms with E-state index in [0.29, 0.717) is 0 Å². The Labute approximate surface area is 116 Å². The van der Waals surface area contributed by atoms with Crippen LogP contribution < -0.4 is 4.90 Å². The third kappa shape index (κ3) is 3.67. The van der Waals surface area contributed by atoms with Crippen LogP contribution in [0.2, 0.25) is 0 Å². The van der Waals surface area contributed by atoms with Crippen LogP contribution in [0.4, 0.5) is 5.82 Å². The molecule has 2 heterocycles. The number of pyridine rings is 1. The summed E-state index contributed by atoms with van der Waals surface area (Å²) in [6.45, 7) is 11.6. The van der Waals surface area contributed by atoms with Crippen molar-refractivity contribution in [3.8, 4) is 0 Å². The van der Waals surface area contributed by atoms with Gasteiger partial charge in [0.25, 0.3) is 0 Å². The van der Waals surface area contributed by atoms with Crippen molar-refractivity contribution in [3.63, 3.8) is 0 Å². The average molecular weight is 263 g/mol. The first-order chi connectivity index (χ1) is 9.08. The molecule has 1 aliphatic heterocycles. The fourth-order valence-corrected chi connectivity index (χ4v) is 2.66. The summed E-state index contributed by atoms with van der Waals surface area (Å²) in [6, 6.07) is 3.86. The molecular formula is C15H25N3O. The van der Waals surface area contributed by atoms with Crippen LogP contribution in [0.15, 0.2) is 18.3 Å². The third-order valence-corrected chi connectivity index (χ3v) is 3.56. The molecule has 2 rings (SSSR count). The van der Waals surface area contributed by atoms with Gasteiger partial charge in [0.1, 0.15) is 5.82 Å². The zero-order valence-corrected chi connectivity index (χ0v) is 12.2. The monoisotopic (exact) mass is 263 g/mol. The highest BCUT2D eigenvalue weighted by atomic mass is 16.3. The van der Waals surface area contributed by atoms with Crippen LogP contribution >= 0.6 is 0 Å². The highest BCUT2D eigenvalue weighted by Crippen LogP contribution is 2.24. The maximum Gasteiger partial charge on any atom is 0.134 e. The van der Waals surface area contributed by atoms with E-state index in [-0.39, 0.29) is 0 Å². The number of hydrogen-bond donors (Lipinski definition) is 1. The second kappa shape index (κ2) is 6.35. The van der Waals surface area contributed by atoms with Crippen LogP contribution in [-0.4, -0.2) is 47.7 Å². The van der Waals surface area contributed by atoms with Crippen molar-refractivity contribution in [2.24, 2.45) is 5.92 Å². The number of aromatic nitrogens is 1. The first kappa shape index (κ1) is 14.3. The second-order valence-corrected chi connectivity index (χ2v) is 5.77. The number of anilines is 1. The Morgan fingerprint density at radius 3 is 2.47 bits per heavy atom. The maximum atomic E-state index is 9.83. The number of aliphatic hydroxyl groups is 1. The van der Waals surface area contributed by atoms with Gasteiger partial charge in [0.05, 0.1) is 6.10 Å². The predicted molar refractivity (Wildman–Crippen MR) is 78.4 cm³/mol. The lowest BCUT2D eigenvalue weighted by atomic mass is 10.1. The summed E-state index contributed by atoms with van der Waals surface area (Å²) in [5.41, 5.74) is 0.930. The molecule has 1 aromatic heterocycles. The van der Waals surface area contributed by atoms with E-state index in [4.69, 9.17) is 0 Å². The van der Waals surface area contributed by atoms with Gasteiger partial charge in [0.2, 0.25) is 0 Å². The molecule has 106 valence electrons. The van der Waals surface area contributed by atoms with E-state index >= 15 is 0 Å². The number of rotatable bonds is 4. The van der Waals surface area contributed by atoms with Crippen molar-refractivity contribution in [3.05, 3.63) is 23.9 Å². The number of aliphatic hydroxyl groups excluding tert-OH is 1. The zero-order valence-electron chi connectivity index (χ0n) is 12.2. The summed E-state index contributed by atoms with van der Waals surface area (Å²) in [6.07, 6.45) is 1.35. The molecule has 1 N–H and O–H groups in total. The molecule has 0 bridgehead atoms. The summed E-state index contributed by atoms with van der Waals surface area (Å²) in [5.74, 6) is 1.66. The third-order valence-electron chi connectivity index (χ3n) is 3.56. The molecular weight excluding hydrogens is 238 g/mol. The lowest BCUT2D eigenvalue weighted by Gasteiger charge is -2.37. The fraction of sp³-hybridized carbons (Fsp3) is 0.667. The van der Waals surface area contributed by atoms with Gasteiger partial charge >= 0.3 is 0 Å². The van der Waals surface area contributed by atoms with Gasteiger partial charge < -0.3 is 10.0 Å². The fourth-order valence-electron chi connectivity index (χ4n) is 2.66. The van der Waals surface area contributed by atoms with Crippen LogP contribution in [-0.2, 0) is 0 Å². The summed E-state index contributed by atoms with van der Waals surface area (Å²) in [5, 5.41) is 9.83. The van der Waals surface area contributed by atoms with E-state index in [9.17, 15) is 5.11 Å². The zero-order chi connectivity index (χ0) is 13.8. The molecule has 0 unspecified atom stereocenters. The average Bonchev–Trinajstić information content (AvgIpc) is 2.39. The molecule has 0 spiro atoms. The molecule has 0 saturated carbocycles. The van der Waals surface area contributed by atoms with Crippen molar-refractivity contribution in [1.29, 1.82) is 0 Å². The van der Waals surface area contributed by atoms with Crippen molar-refractivity contribution >= 4 is 5.82 Å². The largest absolute Gasteiger partial charge is 0.389 e. The van der Waals surface area contributed by atoms with Gasteiger partial charge in [0.15, 0.2) is 0 Å². The van der Waals surface area contributed by atoms with Crippen LogP contribution in [0.3, 0.4) is 0 Å². The number of piperazine rings is 1. The van der Waals surface area contributed by atoms with Crippen molar-refractivity contribution < 1.29 is 5.11 Å². The topological polar surface area (TPSA) is 39.6 Å². The van der Waals surface area contributed by atoms with Crippen LogP contribution in [0.5, 0.6) is 0 Å². The molecule has 0 radical (unpaired) electrons. The van der Waals surface area contributed by atoms with E-state index in [2.05, 4.69) is 28.6 Å². The second-order valence-electron chi connectivity index (χ2n) is 5.77. The normalized spacial score (nSPS) is 18.9. The Kier molecular flexibility index (Phi) is 4.77. The Hall–Kier alpha value is -1.13. The molecule has 0 aromatic carbocycles. The summed E-state index contributed by atoms with van der Waals surface area (Å²) in [4.78, 5) is 9.25. The minimum Gasteiger partial charge on any atom is -0.389 e. The molecule has 19 heavy (non-hydrogen) atoms. The summed E-state index contributed by atoms with van der Waals surface area (Å²) >= 11 is 0. The highest BCUT2D eigenvalue weighted by Gasteiger charge is 2.21. The van der Waals surface area contributed by atoms with Gasteiger partial charge in [-0.1, -0.05) is 19.9 Å². The Morgan fingerprint density at radius 2 is 1.89 bits per heavy atom. The standard InChI is InChI=1S/C15H25N3O/c1-12(2)11-17-7-9-18(10-8-17)15-14(13(3)19)5-4-6-16-15/h4-6,12-13,19H,7-11H2,1-3H3/t13-/m0/s1. The lowest BCUT2D eigenvalue weighted by molar-refractivity contribution is 0.198. The van der Waals surface area contributed by atoms with Crippen molar-refractivity contribution in [1.82, 2.24) is 9.88 Å². The first-order valence-corrected chi connectivity index (χ1v) is 7.18. The first-order valence-electron chi connectivity index (χ1n) is 7.18. The Morgan fingerprint density at radius 1 is 1.21 bits per heavy atom. The van der Waals surface area contributed by atoms with E-state index in [0.717, 1.165) is 43.5 Å². The minimum atomic E-state index is -0.461. The molecule has 4 nitrogen and oxygen atoms in total. The molecule has 1 aliphatic rings. The summed E-state index contributed by atoms with van der Waals surface area (Å²) in [7, 11) is 0. The molecule has 1 aromatic rings. The molecule has 0 amide bonds. The Bertz CT molecular complexity index is 398. The van der Waals surface area contributed by atoms with Crippen molar-refractivity contribution in [2.45, 2.75) is 26.9 Å². The number of nitrogens with zero attached hydrogens (tertiary/aromatic N) is 3. The molecule has 1 atom stereocenters. The van der Waals surface area contributed by atoms with Gasteiger partial charge in [0, 0.05) is 44.5 Å². The molecule has 4 heteroatoms. The van der Waals surface area contributed by atoms with Gasteiger partial charge in [-0.25, -0.2) is 4.98 Å². The van der Waals surface area contributed by atoms with Gasteiger partial charge in [-0.05, 0) is 18.9 Å². The molecule has 0 aliphatic carbocycles. The van der Waals surface area contributed by atoms with Crippen molar-refractivity contribution in [2.75, 3.05) is 37.6 Å². The predicted octanol–water partition coefficient (Wildman–Crippen LogP) is 1.91. The van der Waals surface area contributed by atoms with Gasteiger partial charge in [-0.15, -0.1) is 0 Å². The maximum absolute atomic E-state index is 9.83.